The maximum Gasteiger partial charge on any atom is 0.238 e. The number of fused-ring (bicyclic) bond motifs is 1. The summed E-state index contributed by atoms with van der Waals surface area (Å²) < 4.78 is 8.41. The molecule has 1 aliphatic rings. The van der Waals surface area contributed by atoms with E-state index in [1.165, 1.54) is 6.42 Å². The van der Waals surface area contributed by atoms with Crippen LogP contribution >= 0.6 is 11.7 Å². The van der Waals surface area contributed by atoms with Crippen LogP contribution in [0.25, 0.3) is 11.0 Å². The second-order valence-corrected chi connectivity index (χ2v) is 5.93. The molecule has 0 spiro atoms. The van der Waals surface area contributed by atoms with Gasteiger partial charge in [0.1, 0.15) is 11.0 Å². The summed E-state index contributed by atoms with van der Waals surface area (Å²) in [5.74, 6) is -0.0106. The highest BCUT2D eigenvalue weighted by atomic mass is 32.1. The van der Waals surface area contributed by atoms with E-state index in [-0.39, 0.29) is 5.91 Å². The Hall–Kier alpha value is -1.57. The first-order chi connectivity index (χ1) is 10.2. The number of rotatable bonds is 4. The molecule has 2 N–H and O–H groups in total. The molecule has 112 valence electrons. The van der Waals surface area contributed by atoms with Gasteiger partial charge in [0, 0.05) is 12.6 Å². The quantitative estimate of drug-likeness (QED) is 0.891. The van der Waals surface area contributed by atoms with E-state index in [2.05, 4.69) is 24.3 Å². The molecule has 1 fully saturated rings. The van der Waals surface area contributed by atoms with Crippen LogP contribution in [0.1, 0.15) is 12.8 Å². The number of aromatic nitrogens is 2. The third-order valence-corrected chi connectivity index (χ3v) is 4.39. The second-order valence-electron chi connectivity index (χ2n) is 5.40. The first kappa shape index (κ1) is 14.4. The fourth-order valence-electron chi connectivity index (χ4n) is 2.66. The van der Waals surface area contributed by atoms with Crippen LogP contribution in [-0.2, 0) is 4.79 Å². The van der Waals surface area contributed by atoms with E-state index < -0.39 is 0 Å². The molecule has 1 amide bonds. The third kappa shape index (κ3) is 3.37. The first-order valence-electron chi connectivity index (χ1n) is 7.16. The molecule has 1 aliphatic heterocycles. The van der Waals surface area contributed by atoms with Crippen LogP contribution in [0.2, 0.25) is 0 Å². The molecular formula is C14H19N5OS. The summed E-state index contributed by atoms with van der Waals surface area (Å²) in [7, 11) is 2.00. The Morgan fingerprint density at radius 2 is 2.43 bits per heavy atom. The molecule has 2 aromatic rings. The summed E-state index contributed by atoms with van der Waals surface area (Å²) in [6.07, 6.45) is 2.31. The Bertz CT molecular complexity index is 623. The number of carbonyl (C=O) groups excluding carboxylic acids is 1. The first-order valence-corrected chi connectivity index (χ1v) is 7.89. The zero-order valence-electron chi connectivity index (χ0n) is 12.0. The van der Waals surface area contributed by atoms with Crippen molar-refractivity contribution in [3.8, 4) is 0 Å². The number of nitrogens with zero attached hydrogens (tertiary/aromatic N) is 3. The summed E-state index contributed by atoms with van der Waals surface area (Å²) in [5, 5.41) is 6.31. The summed E-state index contributed by atoms with van der Waals surface area (Å²) in [6, 6.07) is 6.08. The van der Waals surface area contributed by atoms with E-state index in [1.54, 1.807) is 0 Å². The topological polar surface area (TPSA) is 70.2 Å². The van der Waals surface area contributed by atoms with Crippen molar-refractivity contribution in [2.45, 2.75) is 18.9 Å². The van der Waals surface area contributed by atoms with Gasteiger partial charge in [0.25, 0.3) is 0 Å². The van der Waals surface area contributed by atoms with Gasteiger partial charge in [-0.05, 0) is 38.6 Å². The standard InChI is InChI=1S/C14H19N5OS/c1-19(10-4-3-7-15-8-10)9-13(20)16-11-5-2-6-12-14(11)18-21-17-12/h2,5-6,10,15H,3-4,7-9H2,1H3,(H,16,20). The van der Waals surface area contributed by atoms with Gasteiger partial charge in [0.2, 0.25) is 5.91 Å². The summed E-state index contributed by atoms with van der Waals surface area (Å²) in [5.41, 5.74) is 2.32. The van der Waals surface area contributed by atoms with Crippen LogP contribution in [0.3, 0.4) is 0 Å². The monoisotopic (exact) mass is 305 g/mol. The minimum absolute atomic E-state index is 0.0106. The molecule has 2 heterocycles. The van der Waals surface area contributed by atoms with E-state index in [0.29, 0.717) is 12.6 Å². The molecule has 6 nitrogen and oxygen atoms in total. The number of benzene rings is 1. The number of piperidine rings is 1. The molecule has 0 saturated carbocycles. The summed E-state index contributed by atoms with van der Waals surface area (Å²) >= 11 is 1.16. The van der Waals surface area contributed by atoms with Crippen molar-refractivity contribution in [2.24, 2.45) is 0 Å². The van der Waals surface area contributed by atoms with Crippen molar-refractivity contribution in [1.82, 2.24) is 19.0 Å². The number of carbonyl (C=O) groups is 1. The zero-order chi connectivity index (χ0) is 14.7. The SMILES string of the molecule is CN(CC(=O)Nc1cccc2nsnc12)C1CCCNC1. The van der Waals surface area contributed by atoms with E-state index in [1.807, 2.05) is 25.2 Å². The highest BCUT2D eigenvalue weighted by Gasteiger charge is 2.20. The Morgan fingerprint density at radius 1 is 1.52 bits per heavy atom. The number of nitrogens with one attached hydrogen (secondary N) is 2. The highest BCUT2D eigenvalue weighted by molar-refractivity contribution is 7.00. The van der Waals surface area contributed by atoms with Crippen LogP contribution in [-0.4, -0.2) is 52.3 Å². The number of hydrogen-bond donors (Lipinski definition) is 2. The predicted molar refractivity (Wildman–Crippen MR) is 84.6 cm³/mol. The predicted octanol–water partition coefficient (Wildman–Crippen LogP) is 1.31. The van der Waals surface area contributed by atoms with Crippen LogP contribution in [0, 0.1) is 0 Å². The van der Waals surface area contributed by atoms with Gasteiger partial charge < -0.3 is 10.6 Å². The van der Waals surface area contributed by atoms with Gasteiger partial charge in [-0.25, -0.2) is 0 Å². The van der Waals surface area contributed by atoms with E-state index in [0.717, 1.165) is 48.0 Å². The molecule has 0 aliphatic carbocycles. The molecule has 3 rings (SSSR count). The summed E-state index contributed by atoms with van der Waals surface area (Å²) in [4.78, 5) is 14.3. The Balaban J connectivity index is 1.62. The molecule has 1 unspecified atom stereocenters. The van der Waals surface area contributed by atoms with Crippen molar-refractivity contribution in [2.75, 3.05) is 32.0 Å². The van der Waals surface area contributed by atoms with Crippen molar-refractivity contribution in [3.63, 3.8) is 0 Å². The van der Waals surface area contributed by atoms with Crippen molar-refractivity contribution < 1.29 is 4.79 Å². The third-order valence-electron chi connectivity index (χ3n) is 3.85. The largest absolute Gasteiger partial charge is 0.323 e. The fourth-order valence-corrected chi connectivity index (χ4v) is 3.21. The molecule has 21 heavy (non-hydrogen) atoms. The molecule has 1 aromatic carbocycles. The highest BCUT2D eigenvalue weighted by Crippen LogP contribution is 2.21. The lowest BCUT2D eigenvalue weighted by atomic mass is 10.1. The van der Waals surface area contributed by atoms with Crippen LogP contribution in [0.15, 0.2) is 18.2 Å². The number of hydrogen-bond acceptors (Lipinski definition) is 6. The van der Waals surface area contributed by atoms with Gasteiger partial charge in [-0.1, -0.05) is 6.07 Å². The number of amides is 1. The minimum Gasteiger partial charge on any atom is -0.323 e. The molecule has 1 atom stereocenters. The minimum atomic E-state index is -0.0106. The van der Waals surface area contributed by atoms with Crippen molar-refractivity contribution >= 4 is 34.4 Å². The average Bonchev–Trinajstić information content (AvgIpc) is 2.97. The lowest BCUT2D eigenvalue weighted by Crippen LogP contribution is -2.46. The Morgan fingerprint density at radius 3 is 3.24 bits per heavy atom. The fraction of sp³-hybridized carbons (Fsp3) is 0.500. The molecular weight excluding hydrogens is 286 g/mol. The van der Waals surface area contributed by atoms with Gasteiger partial charge in [0.15, 0.2) is 0 Å². The number of anilines is 1. The van der Waals surface area contributed by atoms with Gasteiger partial charge in [-0.2, -0.15) is 8.75 Å². The van der Waals surface area contributed by atoms with E-state index in [9.17, 15) is 4.79 Å². The van der Waals surface area contributed by atoms with Crippen LogP contribution in [0.4, 0.5) is 5.69 Å². The second kappa shape index (κ2) is 6.46. The lowest BCUT2D eigenvalue weighted by Gasteiger charge is -2.31. The van der Waals surface area contributed by atoms with Gasteiger partial charge in [0.05, 0.1) is 24.0 Å². The number of likely N-dealkylation sites (N-methyl/N-ethyl adjacent to an activating group) is 1. The smallest absolute Gasteiger partial charge is 0.238 e. The summed E-state index contributed by atoms with van der Waals surface area (Å²) in [6.45, 7) is 2.42. The maximum absolute atomic E-state index is 12.2. The van der Waals surface area contributed by atoms with E-state index >= 15 is 0 Å². The van der Waals surface area contributed by atoms with Gasteiger partial charge >= 0.3 is 0 Å². The average molecular weight is 305 g/mol. The molecule has 7 heteroatoms. The maximum atomic E-state index is 12.2. The van der Waals surface area contributed by atoms with Gasteiger partial charge in [-0.3, -0.25) is 9.69 Å². The molecule has 0 bridgehead atoms. The van der Waals surface area contributed by atoms with Crippen LogP contribution < -0.4 is 10.6 Å². The molecule has 1 aromatic heterocycles. The van der Waals surface area contributed by atoms with Gasteiger partial charge in [-0.15, -0.1) is 0 Å². The van der Waals surface area contributed by atoms with E-state index in [4.69, 9.17) is 0 Å². The Kier molecular flexibility index (Phi) is 4.42. The van der Waals surface area contributed by atoms with Crippen LogP contribution in [0.5, 0.6) is 0 Å². The Labute approximate surface area is 127 Å². The van der Waals surface area contributed by atoms with Crippen molar-refractivity contribution in [3.05, 3.63) is 18.2 Å². The molecule has 1 saturated heterocycles. The lowest BCUT2D eigenvalue weighted by molar-refractivity contribution is -0.117. The zero-order valence-corrected chi connectivity index (χ0v) is 12.8. The molecule has 0 radical (unpaired) electrons. The normalized spacial score (nSPS) is 19.0. The van der Waals surface area contributed by atoms with Crippen molar-refractivity contribution in [1.29, 1.82) is 0 Å².